The van der Waals surface area contributed by atoms with Gasteiger partial charge in [-0.25, -0.2) is 4.39 Å². The average molecular weight is 373 g/mol. The van der Waals surface area contributed by atoms with Crippen LogP contribution in [-0.4, -0.2) is 43.0 Å². The highest BCUT2D eigenvalue weighted by Gasteiger charge is 2.21. The van der Waals surface area contributed by atoms with Crippen LogP contribution >= 0.6 is 11.8 Å². The largest absolute Gasteiger partial charge is 0.376 e. The second-order valence-electron chi connectivity index (χ2n) is 6.18. The second-order valence-corrected chi connectivity index (χ2v) is 7.24. The lowest BCUT2D eigenvalue weighted by Gasteiger charge is -2.14. The van der Waals surface area contributed by atoms with Crippen molar-refractivity contribution in [3.8, 4) is 11.4 Å². The predicted molar refractivity (Wildman–Crippen MR) is 97.3 cm³/mol. The second kappa shape index (κ2) is 8.01. The van der Waals surface area contributed by atoms with Gasteiger partial charge in [-0.2, -0.15) is 5.10 Å². The van der Waals surface area contributed by atoms with Gasteiger partial charge in [0.25, 0.3) is 0 Å². The number of aromatic nitrogens is 5. The zero-order chi connectivity index (χ0) is 17.8. The smallest absolute Gasteiger partial charge is 0.191 e. The van der Waals surface area contributed by atoms with Crippen molar-refractivity contribution in [2.24, 2.45) is 0 Å². The van der Waals surface area contributed by atoms with E-state index in [1.165, 1.54) is 12.1 Å². The van der Waals surface area contributed by atoms with Gasteiger partial charge in [0.15, 0.2) is 11.0 Å². The highest BCUT2D eigenvalue weighted by molar-refractivity contribution is 7.99. The SMILES string of the molecule is Fc1ccc(-c2nnc(SCCn3cccn3)n2CC2CCCO2)cc1. The van der Waals surface area contributed by atoms with Gasteiger partial charge in [0.2, 0.25) is 0 Å². The highest BCUT2D eigenvalue weighted by atomic mass is 32.2. The van der Waals surface area contributed by atoms with E-state index in [2.05, 4.69) is 19.9 Å². The molecule has 1 saturated heterocycles. The third-order valence-corrected chi connectivity index (χ3v) is 5.29. The van der Waals surface area contributed by atoms with Gasteiger partial charge in [0.05, 0.1) is 19.2 Å². The molecule has 3 aromatic rings. The number of aryl methyl sites for hydroxylation is 1. The Labute approximate surface area is 155 Å². The summed E-state index contributed by atoms with van der Waals surface area (Å²) in [6.07, 6.45) is 6.02. The van der Waals surface area contributed by atoms with Crippen molar-refractivity contribution in [2.75, 3.05) is 12.4 Å². The van der Waals surface area contributed by atoms with Gasteiger partial charge in [0, 0.05) is 30.3 Å². The summed E-state index contributed by atoms with van der Waals surface area (Å²) in [6.45, 7) is 2.32. The zero-order valence-corrected chi connectivity index (χ0v) is 15.1. The Morgan fingerprint density at radius 1 is 1.23 bits per heavy atom. The number of benzene rings is 1. The molecule has 1 aliphatic rings. The lowest BCUT2D eigenvalue weighted by Crippen LogP contribution is -2.17. The first-order valence-electron chi connectivity index (χ1n) is 8.70. The summed E-state index contributed by atoms with van der Waals surface area (Å²) in [5.74, 6) is 1.34. The first-order chi connectivity index (χ1) is 12.8. The number of rotatable bonds is 7. The average Bonchev–Trinajstić information content (AvgIpc) is 3.40. The maximum absolute atomic E-state index is 13.3. The zero-order valence-electron chi connectivity index (χ0n) is 14.3. The van der Waals surface area contributed by atoms with Crippen molar-refractivity contribution in [3.05, 3.63) is 48.5 Å². The lowest BCUT2D eigenvalue weighted by molar-refractivity contribution is 0.0953. The molecular formula is C18H20FN5OS. The summed E-state index contributed by atoms with van der Waals surface area (Å²) in [6, 6.07) is 8.29. The van der Waals surface area contributed by atoms with E-state index in [-0.39, 0.29) is 11.9 Å². The van der Waals surface area contributed by atoms with Crippen LogP contribution < -0.4 is 0 Å². The third-order valence-electron chi connectivity index (χ3n) is 4.34. The minimum absolute atomic E-state index is 0.177. The summed E-state index contributed by atoms with van der Waals surface area (Å²) < 4.78 is 23.0. The van der Waals surface area contributed by atoms with Crippen LogP contribution in [0.4, 0.5) is 4.39 Å². The molecule has 8 heteroatoms. The molecule has 1 fully saturated rings. The molecule has 4 rings (SSSR count). The maximum atomic E-state index is 13.3. The molecule has 1 aromatic carbocycles. The van der Waals surface area contributed by atoms with Crippen molar-refractivity contribution >= 4 is 11.8 Å². The molecule has 0 N–H and O–H groups in total. The Bertz CT molecular complexity index is 828. The predicted octanol–water partition coefficient (Wildman–Crippen LogP) is 3.25. The molecule has 0 radical (unpaired) electrons. The van der Waals surface area contributed by atoms with Crippen LogP contribution in [0.5, 0.6) is 0 Å². The molecule has 0 saturated carbocycles. The Morgan fingerprint density at radius 2 is 2.12 bits per heavy atom. The number of ether oxygens (including phenoxy) is 1. The van der Waals surface area contributed by atoms with Crippen molar-refractivity contribution in [1.29, 1.82) is 0 Å². The van der Waals surface area contributed by atoms with E-state index in [0.717, 1.165) is 48.3 Å². The third kappa shape index (κ3) is 3.96. The molecule has 0 aliphatic carbocycles. The van der Waals surface area contributed by atoms with E-state index in [0.29, 0.717) is 6.54 Å². The van der Waals surface area contributed by atoms with E-state index in [4.69, 9.17) is 4.74 Å². The van der Waals surface area contributed by atoms with Crippen LogP contribution in [-0.2, 0) is 17.8 Å². The number of hydrogen-bond acceptors (Lipinski definition) is 5. The summed E-state index contributed by atoms with van der Waals surface area (Å²) in [5.41, 5.74) is 0.857. The minimum Gasteiger partial charge on any atom is -0.376 e. The van der Waals surface area contributed by atoms with Crippen LogP contribution in [0.2, 0.25) is 0 Å². The number of hydrogen-bond donors (Lipinski definition) is 0. The Morgan fingerprint density at radius 3 is 2.85 bits per heavy atom. The molecular weight excluding hydrogens is 353 g/mol. The first kappa shape index (κ1) is 17.2. The molecule has 0 bridgehead atoms. The van der Waals surface area contributed by atoms with E-state index >= 15 is 0 Å². The first-order valence-corrected chi connectivity index (χ1v) is 9.69. The fourth-order valence-electron chi connectivity index (χ4n) is 3.03. The van der Waals surface area contributed by atoms with Gasteiger partial charge >= 0.3 is 0 Å². The Kier molecular flexibility index (Phi) is 5.31. The summed E-state index contributed by atoms with van der Waals surface area (Å²) in [5, 5.41) is 13.8. The van der Waals surface area contributed by atoms with Crippen LogP contribution in [0.15, 0.2) is 47.9 Å². The van der Waals surface area contributed by atoms with Gasteiger partial charge in [0.1, 0.15) is 5.82 Å². The number of halogens is 1. The molecule has 2 aromatic heterocycles. The molecule has 1 atom stereocenters. The van der Waals surface area contributed by atoms with E-state index in [1.54, 1.807) is 30.1 Å². The maximum Gasteiger partial charge on any atom is 0.191 e. The van der Waals surface area contributed by atoms with E-state index < -0.39 is 0 Å². The Balaban J connectivity index is 1.54. The fourth-order valence-corrected chi connectivity index (χ4v) is 3.90. The van der Waals surface area contributed by atoms with Crippen LogP contribution in [0, 0.1) is 5.82 Å². The van der Waals surface area contributed by atoms with Gasteiger partial charge in [-0.1, -0.05) is 11.8 Å². The van der Waals surface area contributed by atoms with Crippen molar-refractivity contribution in [2.45, 2.75) is 37.2 Å². The number of nitrogens with zero attached hydrogens (tertiary/aromatic N) is 5. The monoisotopic (exact) mass is 373 g/mol. The van der Waals surface area contributed by atoms with Crippen molar-refractivity contribution in [3.63, 3.8) is 0 Å². The molecule has 26 heavy (non-hydrogen) atoms. The highest BCUT2D eigenvalue weighted by Crippen LogP contribution is 2.26. The van der Waals surface area contributed by atoms with E-state index in [9.17, 15) is 4.39 Å². The van der Waals surface area contributed by atoms with E-state index in [1.807, 2.05) is 16.9 Å². The summed E-state index contributed by atoms with van der Waals surface area (Å²) >= 11 is 1.65. The molecule has 136 valence electrons. The standard InChI is InChI=1S/C18H20FN5OS/c19-15-6-4-14(5-7-15)17-21-22-18(24(17)13-16-3-1-11-25-16)26-12-10-23-9-2-8-20-23/h2,4-9,16H,1,3,10-13H2. The van der Waals surface area contributed by atoms with Crippen molar-refractivity contribution in [1.82, 2.24) is 24.5 Å². The van der Waals surface area contributed by atoms with Crippen LogP contribution in [0.1, 0.15) is 12.8 Å². The molecule has 3 heterocycles. The van der Waals surface area contributed by atoms with Gasteiger partial charge < -0.3 is 4.74 Å². The topological polar surface area (TPSA) is 57.8 Å². The molecule has 1 aliphatic heterocycles. The molecule has 0 amide bonds. The van der Waals surface area contributed by atoms with Gasteiger partial charge in [-0.3, -0.25) is 9.25 Å². The number of thioether (sulfide) groups is 1. The normalized spacial score (nSPS) is 17.0. The van der Waals surface area contributed by atoms with Crippen molar-refractivity contribution < 1.29 is 9.13 Å². The lowest BCUT2D eigenvalue weighted by atomic mass is 10.2. The summed E-state index contributed by atoms with van der Waals surface area (Å²) in [7, 11) is 0. The quantitative estimate of drug-likeness (QED) is 0.595. The molecule has 6 nitrogen and oxygen atoms in total. The minimum atomic E-state index is -0.257. The summed E-state index contributed by atoms with van der Waals surface area (Å²) in [4.78, 5) is 0. The molecule has 1 unspecified atom stereocenters. The van der Waals surface area contributed by atoms with Crippen LogP contribution in [0.3, 0.4) is 0 Å². The fraction of sp³-hybridized carbons (Fsp3) is 0.389. The van der Waals surface area contributed by atoms with Gasteiger partial charge in [-0.05, 0) is 43.2 Å². The van der Waals surface area contributed by atoms with Crippen LogP contribution in [0.25, 0.3) is 11.4 Å². The van der Waals surface area contributed by atoms with Gasteiger partial charge in [-0.15, -0.1) is 10.2 Å². The Hall–Kier alpha value is -2.19. The molecule has 0 spiro atoms.